The number of nitrogens with zero attached hydrogens (tertiary/aromatic N) is 4. The molecule has 1 aromatic rings. The van der Waals surface area contributed by atoms with E-state index in [1.165, 1.54) is 0 Å². The molecule has 3 N–H and O–H groups in total. The average Bonchev–Trinajstić information content (AvgIpc) is 2.58. The summed E-state index contributed by atoms with van der Waals surface area (Å²) in [5.41, 5.74) is 7.54. The summed E-state index contributed by atoms with van der Waals surface area (Å²) in [6.45, 7) is 7.48. The molecule has 1 heterocycles. The van der Waals surface area contributed by atoms with E-state index in [-0.39, 0.29) is 24.3 Å². The molecule has 0 bridgehead atoms. The third kappa shape index (κ3) is 3.04. The van der Waals surface area contributed by atoms with Crippen molar-refractivity contribution in [2.45, 2.75) is 33.7 Å². The van der Waals surface area contributed by atoms with Crippen LogP contribution < -0.4 is 5.73 Å². The van der Waals surface area contributed by atoms with Crippen LogP contribution in [0.4, 0.5) is 0 Å². The van der Waals surface area contributed by atoms with Crippen molar-refractivity contribution in [3.05, 3.63) is 17.0 Å². The summed E-state index contributed by atoms with van der Waals surface area (Å²) >= 11 is 0. The molecule has 0 unspecified atom stereocenters. The van der Waals surface area contributed by atoms with Gasteiger partial charge in [-0.2, -0.15) is 5.10 Å². The zero-order chi connectivity index (χ0) is 14.7. The highest BCUT2D eigenvalue weighted by atomic mass is 16.4. The first-order chi connectivity index (χ1) is 8.79. The van der Waals surface area contributed by atoms with Gasteiger partial charge in [0.25, 0.3) is 5.91 Å². The van der Waals surface area contributed by atoms with Gasteiger partial charge in [0, 0.05) is 18.8 Å². The van der Waals surface area contributed by atoms with E-state index >= 15 is 0 Å². The fraction of sp³-hybridized carbons (Fsp3) is 0.583. The summed E-state index contributed by atoms with van der Waals surface area (Å²) in [5.74, 6) is -0.161. The normalized spacial score (nSPS) is 12.0. The lowest BCUT2D eigenvalue weighted by molar-refractivity contribution is 0.0732. The Morgan fingerprint density at radius 2 is 2.11 bits per heavy atom. The van der Waals surface area contributed by atoms with Gasteiger partial charge in [0.05, 0.1) is 17.8 Å². The van der Waals surface area contributed by atoms with Crippen LogP contribution in [-0.2, 0) is 7.05 Å². The van der Waals surface area contributed by atoms with Crippen LogP contribution in [0.2, 0.25) is 0 Å². The molecule has 1 amide bonds. The molecular weight excluding hydrogens is 246 g/mol. The largest absolute Gasteiger partial charge is 0.409 e. The standard InChI is InChI=1S/C12H21N5O2/c1-7(2)17(6-10(13)15-19)12(18)11-8(3)14-16(5)9(11)4/h7,19H,6H2,1-5H3,(H2,13,15). The van der Waals surface area contributed by atoms with Crippen molar-refractivity contribution in [1.29, 1.82) is 0 Å². The van der Waals surface area contributed by atoms with Gasteiger partial charge in [-0.1, -0.05) is 5.16 Å². The second-order valence-corrected chi connectivity index (χ2v) is 4.79. The molecule has 0 aliphatic rings. The number of hydrogen-bond acceptors (Lipinski definition) is 4. The summed E-state index contributed by atoms with van der Waals surface area (Å²) in [4.78, 5) is 14.1. The van der Waals surface area contributed by atoms with Gasteiger partial charge in [-0.15, -0.1) is 0 Å². The van der Waals surface area contributed by atoms with Crippen molar-refractivity contribution in [1.82, 2.24) is 14.7 Å². The van der Waals surface area contributed by atoms with Crippen LogP contribution in [0.3, 0.4) is 0 Å². The van der Waals surface area contributed by atoms with Gasteiger partial charge in [-0.3, -0.25) is 9.48 Å². The number of aryl methyl sites for hydroxylation is 2. The van der Waals surface area contributed by atoms with Crippen molar-refractivity contribution < 1.29 is 10.0 Å². The highest BCUT2D eigenvalue weighted by Gasteiger charge is 2.25. The highest BCUT2D eigenvalue weighted by molar-refractivity contribution is 5.99. The minimum Gasteiger partial charge on any atom is -0.409 e. The first-order valence-corrected chi connectivity index (χ1v) is 6.07. The molecule has 0 aliphatic carbocycles. The van der Waals surface area contributed by atoms with E-state index in [9.17, 15) is 4.79 Å². The van der Waals surface area contributed by atoms with E-state index in [0.29, 0.717) is 11.3 Å². The van der Waals surface area contributed by atoms with Crippen molar-refractivity contribution in [3.8, 4) is 0 Å². The van der Waals surface area contributed by atoms with Gasteiger partial charge in [0.15, 0.2) is 5.84 Å². The van der Waals surface area contributed by atoms with Crippen molar-refractivity contribution in [2.24, 2.45) is 17.9 Å². The minimum atomic E-state index is -0.162. The number of amides is 1. The monoisotopic (exact) mass is 267 g/mol. The predicted molar refractivity (Wildman–Crippen MR) is 72.3 cm³/mol. The fourth-order valence-corrected chi connectivity index (χ4v) is 1.92. The lowest BCUT2D eigenvalue weighted by atomic mass is 10.1. The molecule has 19 heavy (non-hydrogen) atoms. The number of hydrogen-bond donors (Lipinski definition) is 2. The molecule has 0 aromatic carbocycles. The van der Waals surface area contributed by atoms with Crippen LogP contribution in [-0.4, -0.2) is 44.2 Å². The number of amidine groups is 1. The second-order valence-electron chi connectivity index (χ2n) is 4.79. The Labute approximate surface area is 112 Å². The second kappa shape index (κ2) is 5.73. The maximum Gasteiger partial charge on any atom is 0.258 e. The SMILES string of the molecule is Cc1nn(C)c(C)c1C(=O)N(CC(N)=NO)C(C)C. The molecule has 106 valence electrons. The van der Waals surface area contributed by atoms with Crippen LogP contribution in [0.25, 0.3) is 0 Å². The van der Waals surface area contributed by atoms with E-state index in [1.54, 1.807) is 23.6 Å². The van der Waals surface area contributed by atoms with E-state index in [0.717, 1.165) is 5.69 Å². The molecule has 1 aromatic heterocycles. The van der Waals surface area contributed by atoms with Crippen LogP contribution in [0, 0.1) is 13.8 Å². The fourth-order valence-electron chi connectivity index (χ4n) is 1.92. The van der Waals surface area contributed by atoms with E-state index in [1.807, 2.05) is 20.8 Å². The van der Waals surface area contributed by atoms with E-state index < -0.39 is 0 Å². The zero-order valence-corrected chi connectivity index (χ0v) is 12.0. The summed E-state index contributed by atoms with van der Waals surface area (Å²) in [5, 5.41) is 15.8. The van der Waals surface area contributed by atoms with Gasteiger partial charge in [0.2, 0.25) is 0 Å². The van der Waals surface area contributed by atoms with Crippen LogP contribution in [0.5, 0.6) is 0 Å². The zero-order valence-electron chi connectivity index (χ0n) is 12.0. The first-order valence-electron chi connectivity index (χ1n) is 6.07. The maximum atomic E-state index is 12.6. The Bertz CT molecular complexity index is 504. The molecule has 0 spiro atoms. The Morgan fingerprint density at radius 3 is 2.47 bits per heavy atom. The van der Waals surface area contributed by atoms with Crippen LogP contribution >= 0.6 is 0 Å². The van der Waals surface area contributed by atoms with Gasteiger partial charge in [-0.25, -0.2) is 0 Å². The van der Waals surface area contributed by atoms with Gasteiger partial charge in [-0.05, 0) is 27.7 Å². The average molecular weight is 267 g/mol. The minimum absolute atomic E-state index is 0.00115. The Kier molecular flexibility index (Phi) is 4.52. The number of rotatable bonds is 4. The Hall–Kier alpha value is -2.05. The Balaban J connectivity index is 3.13. The predicted octanol–water partition coefficient (Wildman–Crippen LogP) is 0.634. The van der Waals surface area contributed by atoms with E-state index in [2.05, 4.69) is 10.3 Å². The molecule has 0 radical (unpaired) electrons. The molecule has 7 nitrogen and oxygen atoms in total. The van der Waals surface area contributed by atoms with E-state index in [4.69, 9.17) is 10.9 Å². The van der Waals surface area contributed by atoms with Gasteiger partial charge >= 0.3 is 0 Å². The lowest BCUT2D eigenvalue weighted by Gasteiger charge is -2.26. The Morgan fingerprint density at radius 1 is 1.53 bits per heavy atom. The third-order valence-electron chi connectivity index (χ3n) is 3.07. The van der Waals surface area contributed by atoms with Crippen LogP contribution in [0.15, 0.2) is 5.16 Å². The van der Waals surface area contributed by atoms with Crippen molar-refractivity contribution >= 4 is 11.7 Å². The number of carbonyl (C=O) groups excluding carboxylic acids is 1. The smallest absolute Gasteiger partial charge is 0.258 e. The number of oxime groups is 1. The number of aromatic nitrogens is 2. The molecule has 0 saturated heterocycles. The maximum absolute atomic E-state index is 12.6. The topological polar surface area (TPSA) is 96.7 Å². The first kappa shape index (κ1) is 15.0. The van der Waals surface area contributed by atoms with Crippen molar-refractivity contribution in [2.75, 3.05) is 6.54 Å². The van der Waals surface area contributed by atoms with Gasteiger partial charge in [0.1, 0.15) is 0 Å². The summed E-state index contributed by atoms with van der Waals surface area (Å²) in [7, 11) is 1.79. The van der Waals surface area contributed by atoms with Crippen LogP contribution in [0.1, 0.15) is 35.6 Å². The third-order valence-corrected chi connectivity index (χ3v) is 3.07. The summed E-state index contributed by atoms with van der Waals surface area (Å²) in [6, 6.07) is -0.0631. The molecule has 0 saturated carbocycles. The molecule has 0 atom stereocenters. The number of nitrogens with two attached hydrogens (primary N) is 1. The molecule has 7 heteroatoms. The molecular formula is C12H21N5O2. The van der Waals surface area contributed by atoms with Gasteiger partial charge < -0.3 is 15.8 Å². The lowest BCUT2D eigenvalue weighted by Crippen LogP contribution is -2.43. The quantitative estimate of drug-likeness (QED) is 0.362. The summed E-state index contributed by atoms with van der Waals surface area (Å²) in [6.07, 6.45) is 0. The highest BCUT2D eigenvalue weighted by Crippen LogP contribution is 2.16. The molecule has 1 rings (SSSR count). The molecule has 0 aliphatic heterocycles. The summed E-state index contributed by atoms with van der Waals surface area (Å²) < 4.78 is 1.67. The van der Waals surface area contributed by atoms with Crippen molar-refractivity contribution in [3.63, 3.8) is 0 Å². The number of carbonyl (C=O) groups is 1. The molecule has 0 fully saturated rings.